The maximum atomic E-state index is 11.1. The fourth-order valence-electron chi connectivity index (χ4n) is 3.89. The number of halogens is 1. The number of hydrogen-bond acceptors (Lipinski definition) is 4. The molecule has 0 bridgehead atoms. The van der Waals surface area contributed by atoms with Gasteiger partial charge in [-0.05, 0) is 43.0 Å². The molecule has 142 valence electrons. The van der Waals surface area contributed by atoms with Gasteiger partial charge in [-0.3, -0.25) is 0 Å². The summed E-state index contributed by atoms with van der Waals surface area (Å²) in [5.41, 5.74) is 0.963. The van der Waals surface area contributed by atoms with E-state index in [9.17, 15) is 4.79 Å². The zero-order valence-electron chi connectivity index (χ0n) is 14.8. The van der Waals surface area contributed by atoms with Crippen LogP contribution in [0.5, 0.6) is 11.6 Å². The van der Waals surface area contributed by atoms with Gasteiger partial charge < -0.3 is 19.5 Å². The van der Waals surface area contributed by atoms with Gasteiger partial charge in [-0.15, -0.1) is 0 Å². The third-order valence-electron chi connectivity index (χ3n) is 5.41. The second-order valence-electron chi connectivity index (χ2n) is 7.15. The first-order valence-corrected chi connectivity index (χ1v) is 9.42. The highest BCUT2D eigenvalue weighted by molar-refractivity contribution is 6.30. The Morgan fingerprint density at radius 3 is 2.81 bits per heavy atom. The molecule has 1 atom stereocenters. The van der Waals surface area contributed by atoms with Crippen molar-refractivity contribution in [2.45, 2.75) is 30.8 Å². The predicted molar refractivity (Wildman–Crippen MR) is 101 cm³/mol. The molecule has 0 unspecified atom stereocenters. The quantitative estimate of drug-likeness (QED) is 0.835. The van der Waals surface area contributed by atoms with Gasteiger partial charge in [-0.1, -0.05) is 23.7 Å². The van der Waals surface area contributed by atoms with Gasteiger partial charge in [0.05, 0.1) is 17.2 Å². The van der Waals surface area contributed by atoms with E-state index < -0.39 is 6.09 Å². The van der Waals surface area contributed by atoms with Crippen molar-refractivity contribution in [3.8, 4) is 11.6 Å². The number of amides is 1. The Morgan fingerprint density at radius 1 is 1.30 bits per heavy atom. The van der Waals surface area contributed by atoms with E-state index in [0.29, 0.717) is 30.6 Å². The monoisotopic (exact) mass is 388 g/mol. The number of ether oxygens (including phenoxy) is 2. The van der Waals surface area contributed by atoms with Gasteiger partial charge in [0.1, 0.15) is 5.75 Å². The lowest BCUT2D eigenvalue weighted by Crippen LogP contribution is -2.45. The largest absolute Gasteiger partial charge is 0.465 e. The SMILES string of the molecule is O=C(O)N1CCC2(CC1)C[C@H](c1cccc(Oc3ccc(Cl)cn3)c1)CO2. The van der Waals surface area contributed by atoms with Gasteiger partial charge in [0.15, 0.2) is 0 Å². The van der Waals surface area contributed by atoms with Crippen LogP contribution < -0.4 is 4.74 Å². The van der Waals surface area contributed by atoms with Gasteiger partial charge >= 0.3 is 6.09 Å². The van der Waals surface area contributed by atoms with Crippen molar-refractivity contribution >= 4 is 17.7 Å². The molecule has 0 aliphatic carbocycles. The Labute approximate surface area is 162 Å². The number of likely N-dealkylation sites (tertiary alicyclic amines) is 1. The van der Waals surface area contributed by atoms with Crippen LogP contribution >= 0.6 is 11.6 Å². The van der Waals surface area contributed by atoms with Crippen molar-refractivity contribution in [3.63, 3.8) is 0 Å². The molecule has 1 amide bonds. The Morgan fingerprint density at radius 2 is 2.11 bits per heavy atom. The number of pyridine rings is 1. The summed E-state index contributed by atoms with van der Waals surface area (Å²) in [7, 11) is 0. The van der Waals surface area contributed by atoms with Gasteiger partial charge in [0.2, 0.25) is 5.88 Å². The normalized spacial score (nSPS) is 21.4. The molecule has 3 heterocycles. The maximum absolute atomic E-state index is 11.1. The third-order valence-corrected chi connectivity index (χ3v) is 5.63. The van der Waals surface area contributed by atoms with E-state index in [-0.39, 0.29) is 11.5 Å². The zero-order chi connectivity index (χ0) is 18.9. The Hall–Kier alpha value is -2.31. The number of piperidine rings is 1. The third kappa shape index (κ3) is 4.01. The molecule has 1 N–H and O–H groups in total. The molecule has 1 aromatic carbocycles. The molecule has 7 heteroatoms. The van der Waals surface area contributed by atoms with Crippen molar-refractivity contribution in [2.24, 2.45) is 0 Å². The summed E-state index contributed by atoms with van der Waals surface area (Å²) in [5.74, 6) is 1.50. The summed E-state index contributed by atoms with van der Waals surface area (Å²) in [6, 6.07) is 11.5. The second-order valence-corrected chi connectivity index (χ2v) is 7.59. The molecule has 6 nitrogen and oxygen atoms in total. The lowest BCUT2D eigenvalue weighted by Gasteiger charge is -2.37. The summed E-state index contributed by atoms with van der Waals surface area (Å²) in [6.45, 7) is 1.72. The predicted octanol–water partition coefficient (Wildman–Crippen LogP) is 4.54. The molecular formula is C20H21ClN2O4. The highest BCUT2D eigenvalue weighted by Gasteiger charge is 2.43. The molecule has 0 radical (unpaired) electrons. The molecule has 2 fully saturated rings. The number of aromatic nitrogens is 1. The van der Waals surface area contributed by atoms with Crippen LogP contribution in [0.25, 0.3) is 0 Å². The van der Waals surface area contributed by atoms with Crippen molar-refractivity contribution in [2.75, 3.05) is 19.7 Å². The molecule has 2 aromatic rings. The average Bonchev–Trinajstić information content (AvgIpc) is 3.08. The highest BCUT2D eigenvalue weighted by Crippen LogP contribution is 2.43. The van der Waals surface area contributed by atoms with E-state index in [1.165, 1.54) is 10.5 Å². The summed E-state index contributed by atoms with van der Waals surface area (Å²) in [4.78, 5) is 16.7. The number of benzene rings is 1. The van der Waals surface area contributed by atoms with Gasteiger partial charge in [0, 0.05) is 31.3 Å². The standard InChI is InChI=1S/C20H21ClN2O4/c21-16-4-5-18(22-12-16)27-17-3-1-2-14(10-17)15-11-20(26-13-15)6-8-23(9-7-20)19(24)25/h1-5,10,12,15H,6-9,11,13H2,(H,24,25)/t15-/m0/s1. The molecule has 4 rings (SSSR count). The molecule has 0 saturated carbocycles. The summed E-state index contributed by atoms with van der Waals surface area (Å²) >= 11 is 5.86. The van der Waals surface area contributed by atoms with E-state index in [1.807, 2.05) is 18.2 Å². The minimum absolute atomic E-state index is 0.203. The van der Waals surface area contributed by atoms with Crippen LogP contribution in [0.15, 0.2) is 42.6 Å². The Bertz CT molecular complexity index is 819. The summed E-state index contributed by atoms with van der Waals surface area (Å²) in [5, 5.41) is 9.69. The topological polar surface area (TPSA) is 71.9 Å². The van der Waals surface area contributed by atoms with Crippen molar-refractivity contribution in [1.29, 1.82) is 0 Å². The van der Waals surface area contributed by atoms with Gasteiger partial charge in [-0.25, -0.2) is 9.78 Å². The van der Waals surface area contributed by atoms with Gasteiger partial charge in [0.25, 0.3) is 0 Å². The number of rotatable bonds is 3. The second kappa shape index (κ2) is 7.37. The van der Waals surface area contributed by atoms with Gasteiger partial charge in [-0.2, -0.15) is 0 Å². The lowest BCUT2D eigenvalue weighted by atomic mass is 9.83. The first-order valence-electron chi connectivity index (χ1n) is 9.04. The van der Waals surface area contributed by atoms with Crippen LogP contribution in [0.1, 0.15) is 30.7 Å². The maximum Gasteiger partial charge on any atom is 0.407 e. The van der Waals surface area contributed by atoms with E-state index in [0.717, 1.165) is 25.0 Å². The summed E-state index contributed by atoms with van der Waals surface area (Å²) in [6.07, 6.45) is 3.11. The highest BCUT2D eigenvalue weighted by atomic mass is 35.5. The van der Waals surface area contributed by atoms with Crippen LogP contribution in [0.4, 0.5) is 4.79 Å². The lowest BCUT2D eigenvalue weighted by molar-refractivity contribution is -0.0394. The number of carboxylic acid groups (broad SMARTS) is 1. The van der Waals surface area contributed by atoms with Crippen LogP contribution in [0.2, 0.25) is 5.02 Å². The first-order chi connectivity index (χ1) is 13.0. The average molecular weight is 389 g/mol. The van der Waals surface area contributed by atoms with Crippen molar-refractivity contribution < 1.29 is 19.4 Å². The molecule has 1 spiro atoms. The van der Waals surface area contributed by atoms with E-state index in [4.69, 9.17) is 26.2 Å². The van der Waals surface area contributed by atoms with Crippen LogP contribution in [0, 0.1) is 0 Å². The van der Waals surface area contributed by atoms with E-state index >= 15 is 0 Å². The molecule has 2 saturated heterocycles. The van der Waals surface area contributed by atoms with Crippen LogP contribution in [-0.2, 0) is 4.74 Å². The molecule has 27 heavy (non-hydrogen) atoms. The van der Waals surface area contributed by atoms with Crippen molar-refractivity contribution in [3.05, 3.63) is 53.2 Å². The van der Waals surface area contributed by atoms with Crippen molar-refractivity contribution in [1.82, 2.24) is 9.88 Å². The first kappa shape index (κ1) is 18.1. The zero-order valence-corrected chi connectivity index (χ0v) is 15.6. The molecule has 2 aliphatic heterocycles. The van der Waals surface area contributed by atoms with E-state index in [2.05, 4.69) is 11.1 Å². The number of nitrogens with zero attached hydrogens (tertiary/aromatic N) is 2. The minimum Gasteiger partial charge on any atom is -0.465 e. The van der Waals surface area contributed by atoms with Crippen LogP contribution in [-0.4, -0.2) is 46.4 Å². The molecular weight excluding hydrogens is 368 g/mol. The van der Waals surface area contributed by atoms with E-state index in [1.54, 1.807) is 18.3 Å². The Kier molecular flexibility index (Phi) is 4.93. The minimum atomic E-state index is -0.847. The molecule has 1 aromatic heterocycles. The fraction of sp³-hybridized carbons (Fsp3) is 0.400. The number of carbonyl (C=O) groups is 1. The molecule has 2 aliphatic rings. The number of hydrogen-bond donors (Lipinski definition) is 1. The Balaban J connectivity index is 1.42. The van der Waals surface area contributed by atoms with Crippen LogP contribution in [0.3, 0.4) is 0 Å². The summed E-state index contributed by atoms with van der Waals surface area (Å²) < 4.78 is 12.0. The smallest absolute Gasteiger partial charge is 0.407 e. The fourth-order valence-corrected chi connectivity index (χ4v) is 4.00.